The average Bonchev–Trinajstić information content (AvgIpc) is 2.73. The molecule has 2 heterocycles. The van der Waals surface area contributed by atoms with Gasteiger partial charge in [0, 0.05) is 13.1 Å². The molecule has 19 heavy (non-hydrogen) atoms. The van der Waals surface area contributed by atoms with E-state index in [9.17, 15) is 0 Å². The van der Waals surface area contributed by atoms with Crippen LogP contribution in [0.2, 0.25) is 0 Å². The molecule has 0 amide bonds. The Morgan fingerprint density at radius 3 is 2.63 bits per heavy atom. The molecule has 0 aliphatic rings. The minimum absolute atomic E-state index is 0.316. The van der Waals surface area contributed by atoms with E-state index in [0.717, 1.165) is 11.4 Å². The van der Waals surface area contributed by atoms with Crippen molar-refractivity contribution in [2.75, 3.05) is 23.4 Å². The van der Waals surface area contributed by atoms with Crippen LogP contribution in [-0.4, -0.2) is 26.8 Å². The van der Waals surface area contributed by atoms with Crippen molar-refractivity contribution in [3.8, 4) is 0 Å². The van der Waals surface area contributed by atoms with Gasteiger partial charge in [0.05, 0.1) is 29.5 Å². The molecule has 0 aliphatic carbocycles. The van der Waals surface area contributed by atoms with Gasteiger partial charge in [0.25, 0.3) is 0 Å². The van der Waals surface area contributed by atoms with Gasteiger partial charge in [-0.15, -0.1) is 0 Å². The highest BCUT2D eigenvalue weighted by Gasteiger charge is 2.10. The molecule has 102 valence electrons. The molecule has 2 rings (SSSR count). The van der Waals surface area contributed by atoms with Gasteiger partial charge in [0.15, 0.2) is 5.82 Å². The van der Waals surface area contributed by atoms with Gasteiger partial charge < -0.3 is 16.4 Å². The number of nitrogen functional groups attached to an aromatic ring is 1. The second-order valence-corrected chi connectivity index (χ2v) is 4.55. The number of hydrogen-bond acceptors (Lipinski definition) is 6. The van der Waals surface area contributed by atoms with Crippen molar-refractivity contribution in [1.82, 2.24) is 19.7 Å². The number of anilines is 4. The van der Waals surface area contributed by atoms with Crippen LogP contribution >= 0.6 is 0 Å². The highest BCUT2D eigenvalue weighted by molar-refractivity contribution is 5.64. The molecule has 0 spiro atoms. The quantitative estimate of drug-likeness (QED) is 0.778. The van der Waals surface area contributed by atoms with Crippen LogP contribution in [0.15, 0.2) is 12.4 Å². The van der Waals surface area contributed by atoms with Crippen molar-refractivity contribution in [1.29, 1.82) is 0 Å². The van der Waals surface area contributed by atoms with Crippen LogP contribution in [0.1, 0.15) is 25.6 Å². The second-order valence-electron chi connectivity index (χ2n) is 4.55. The van der Waals surface area contributed by atoms with E-state index < -0.39 is 0 Å². The topological polar surface area (TPSA) is 93.7 Å². The van der Waals surface area contributed by atoms with E-state index in [2.05, 4.69) is 39.5 Å². The van der Waals surface area contributed by atoms with E-state index in [1.54, 1.807) is 19.4 Å². The Bertz CT molecular complexity index is 573. The Kier molecular flexibility index (Phi) is 3.55. The smallest absolute Gasteiger partial charge is 0.229 e. The zero-order chi connectivity index (χ0) is 14.0. The zero-order valence-electron chi connectivity index (χ0n) is 11.6. The van der Waals surface area contributed by atoms with Crippen LogP contribution in [0.5, 0.6) is 0 Å². The summed E-state index contributed by atoms with van der Waals surface area (Å²) in [7, 11) is 1.77. The zero-order valence-corrected chi connectivity index (χ0v) is 11.6. The molecule has 0 bridgehead atoms. The fraction of sp³-hybridized carbons (Fsp3) is 0.417. The van der Waals surface area contributed by atoms with Crippen molar-refractivity contribution in [3.63, 3.8) is 0 Å². The van der Waals surface area contributed by atoms with Gasteiger partial charge in [-0.3, -0.25) is 4.68 Å². The van der Waals surface area contributed by atoms with E-state index in [1.165, 1.54) is 0 Å². The standard InChI is InChI=1S/C12H19N7/c1-7(2)19-8(3)10(6-16-19)17-12-15-5-9(13)11(14-4)18-12/h5-7H,13H2,1-4H3,(H2,14,15,17,18). The third-order valence-corrected chi connectivity index (χ3v) is 2.83. The van der Waals surface area contributed by atoms with E-state index >= 15 is 0 Å². The van der Waals surface area contributed by atoms with Crippen LogP contribution in [-0.2, 0) is 0 Å². The summed E-state index contributed by atoms with van der Waals surface area (Å²) in [5.74, 6) is 1.09. The SMILES string of the molecule is CNc1nc(Nc2cnn(C(C)C)c2C)ncc1N. The molecule has 0 unspecified atom stereocenters. The van der Waals surface area contributed by atoms with Crippen molar-refractivity contribution < 1.29 is 0 Å². The van der Waals surface area contributed by atoms with Gasteiger partial charge in [-0.25, -0.2) is 4.98 Å². The normalized spacial score (nSPS) is 10.8. The fourth-order valence-corrected chi connectivity index (χ4v) is 1.84. The maximum atomic E-state index is 5.74. The van der Waals surface area contributed by atoms with E-state index in [-0.39, 0.29) is 0 Å². The van der Waals surface area contributed by atoms with Crippen LogP contribution in [0.3, 0.4) is 0 Å². The maximum Gasteiger partial charge on any atom is 0.229 e. The lowest BCUT2D eigenvalue weighted by atomic mass is 10.3. The van der Waals surface area contributed by atoms with E-state index in [0.29, 0.717) is 23.5 Å². The first-order chi connectivity index (χ1) is 9.02. The molecule has 0 aliphatic heterocycles. The summed E-state index contributed by atoms with van der Waals surface area (Å²) in [5.41, 5.74) is 8.18. The predicted molar refractivity (Wildman–Crippen MR) is 76.6 cm³/mol. The Morgan fingerprint density at radius 1 is 1.32 bits per heavy atom. The van der Waals surface area contributed by atoms with Gasteiger partial charge in [-0.05, 0) is 20.8 Å². The number of nitrogens with two attached hydrogens (primary N) is 1. The van der Waals surface area contributed by atoms with Crippen LogP contribution in [0.25, 0.3) is 0 Å². The van der Waals surface area contributed by atoms with Gasteiger partial charge in [0.2, 0.25) is 5.95 Å². The van der Waals surface area contributed by atoms with E-state index in [4.69, 9.17) is 5.73 Å². The highest BCUT2D eigenvalue weighted by atomic mass is 15.3. The minimum atomic E-state index is 0.316. The number of rotatable bonds is 4. The summed E-state index contributed by atoms with van der Waals surface area (Å²) in [6.45, 7) is 6.18. The van der Waals surface area contributed by atoms with Crippen molar-refractivity contribution in [3.05, 3.63) is 18.1 Å². The van der Waals surface area contributed by atoms with Crippen LogP contribution in [0.4, 0.5) is 23.1 Å². The molecule has 4 N–H and O–H groups in total. The third kappa shape index (κ3) is 2.59. The Labute approximate surface area is 112 Å². The molecule has 0 aromatic carbocycles. The van der Waals surface area contributed by atoms with Gasteiger partial charge in [-0.1, -0.05) is 0 Å². The first-order valence-corrected chi connectivity index (χ1v) is 6.14. The fourth-order valence-electron chi connectivity index (χ4n) is 1.84. The molecule has 0 atom stereocenters. The Morgan fingerprint density at radius 2 is 2.05 bits per heavy atom. The molecule has 0 radical (unpaired) electrons. The minimum Gasteiger partial charge on any atom is -0.394 e. The predicted octanol–water partition coefficient (Wildman–Crippen LogP) is 1.93. The molecule has 7 nitrogen and oxygen atoms in total. The number of hydrogen-bond donors (Lipinski definition) is 3. The largest absolute Gasteiger partial charge is 0.394 e. The average molecular weight is 261 g/mol. The van der Waals surface area contributed by atoms with Gasteiger partial charge in [0.1, 0.15) is 0 Å². The molecular formula is C12H19N7. The number of aromatic nitrogens is 4. The molecule has 0 fully saturated rings. The van der Waals surface area contributed by atoms with Crippen molar-refractivity contribution in [2.45, 2.75) is 26.8 Å². The first kappa shape index (κ1) is 13.1. The van der Waals surface area contributed by atoms with Gasteiger partial charge >= 0.3 is 0 Å². The van der Waals surface area contributed by atoms with Gasteiger partial charge in [-0.2, -0.15) is 10.1 Å². The molecule has 2 aromatic heterocycles. The molecule has 2 aromatic rings. The van der Waals surface area contributed by atoms with Crippen molar-refractivity contribution in [2.24, 2.45) is 0 Å². The maximum absolute atomic E-state index is 5.74. The monoisotopic (exact) mass is 261 g/mol. The third-order valence-electron chi connectivity index (χ3n) is 2.83. The lowest BCUT2D eigenvalue weighted by molar-refractivity contribution is 0.519. The summed E-state index contributed by atoms with van der Waals surface area (Å²) in [4.78, 5) is 8.44. The number of nitrogens with one attached hydrogen (secondary N) is 2. The summed E-state index contributed by atoms with van der Waals surface area (Å²) >= 11 is 0. The summed E-state index contributed by atoms with van der Waals surface area (Å²) in [6.07, 6.45) is 3.34. The highest BCUT2D eigenvalue weighted by Crippen LogP contribution is 2.22. The van der Waals surface area contributed by atoms with Crippen LogP contribution in [0, 0.1) is 6.92 Å². The van der Waals surface area contributed by atoms with Crippen molar-refractivity contribution >= 4 is 23.1 Å². The first-order valence-electron chi connectivity index (χ1n) is 6.14. The Hall–Kier alpha value is -2.31. The summed E-state index contributed by atoms with van der Waals surface area (Å²) < 4.78 is 1.94. The van der Waals surface area contributed by atoms with E-state index in [1.807, 2.05) is 11.6 Å². The Balaban J connectivity index is 2.26. The summed E-state index contributed by atoms with van der Waals surface area (Å²) in [6, 6.07) is 0.316. The second kappa shape index (κ2) is 5.13. The molecular weight excluding hydrogens is 242 g/mol. The molecule has 7 heteroatoms. The lowest BCUT2D eigenvalue weighted by Crippen LogP contribution is -2.06. The molecule has 0 saturated carbocycles. The lowest BCUT2D eigenvalue weighted by Gasteiger charge is -2.10. The van der Waals surface area contributed by atoms with Crippen LogP contribution < -0.4 is 16.4 Å². The summed E-state index contributed by atoms with van der Waals surface area (Å²) in [5, 5.41) is 10.4. The number of nitrogens with zero attached hydrogens (tertiary/aromatic N) is 4. The molecule has 0 saturated heterocycles.